The van der Waals surface area contributed by atoms with Crippen LogP contribution in [0, 0.1) is 27.1 Å². The van der Waals surface area contributed by atoms with E-state index in [4.69, 9.17) is 14.0 Å². The summed E-state index contributed by atoms with van der Waals surface area (Å²) in [6, 6.07) is -2.77. The van der Waals surface area contributed by atoms with Gasteiger partial charge in [0.1, 0.15) is 18.1 Å². The minimum Gasteiger partial charge on any atom is -0.380 e. The molecule has 462 valence electrons. The van der Waals surface area contributed by atoms with Gasteiger partial charge in [-0.2, -0.15) is 0 Å². The van der Waals surface area contributed by atoms with Crippen molar-refractivity contribution >= 4 is 50.8 Å². The Kier molecular flexibility index (Phi) is 47.8. The normalized spacial score (nSPS) is 12.8. The Morgan fingerprint density at radius 1 is 0.462 bits per heavy atom. The van der Waals surface area contributed by atoms with Gasteiger partial charge in [-0.1, -0.05) is 96.9 Å². The van der Waals surface area contributed by atoms with Crippen molar-refractivity contribution in [1.29, 1.82) is 0 Å². The number of rotatable bonds is 41. The van der Waals surface area contributed by atoms with Crippen LogP contribution >= 0.6 is 9.47 Å². The average molecular weight is 1140 g/mol. The number of nitrogens with two attached hydrogens (primary N) is 1. The third-order valence-corrected chi connectivity index (χ3v) is 11.8. The van der Waals surface area contributed by atoms with Crippen LogP contribution in [-0.4, -0.2) is 167 Å². The first-order chi connectivity index (χ1) is 36.5. The monoisotopic (exact) mass is 1140 g/mol. The zero-order valence-electron chi connectivity index (χ0n) is 52.5. The summed E-state index contributed by atoms with van der Waals surface area (Å²) in [5.41, 5.74) is 3.04. The van der Waals surface area contributed by atoms with Crippen molar-refractivity contribution in [3.8, 4) is 0 Å². The zero-order valence-corrected chi connectivity index (χ0v) is 53.7. The molecule has 4 atom stereocenters. The maximum atomic E-state index is 13.7. The predicted molar refractivity (Wildman–Crippen MR) is 320 cm³/mol. The summed E-state index contributed by atoms with van der Waals surface area (Å²) in [5, 5.41) is 28.7. The van der Waals surface area contributed by atoms with Gasteiger partial charge in [0.15, 0.2) is 0 Å². The molecule has 0 aromatic rings. The van der Waals surface area contributed by atoms with Crippen LogP contribution in [-0.2, 0) is 47.6 Å². The van der Waals surface area contributed by atoms with Crippen molar-refractivity contribution in [3.63, 3.8) is 0 Å². The maximum Gasteiger partial charge on any atom is 0.243 e. The van der Waals surface area contributed by atoms with Gasteiger partial charge in [-0.05, 0) is 102 Å². The second-order valence-electron chi connectivity index (χ2n) is 23.5. The van der Waals surface area contributed by atoms with Crippen LogP contribution < -0.4 is 58.9 Å². The lowest BCUT2D eigenvalue weighted by Crippen LogP contribution is -2.54. The number of hydrogen-bond donors (Lipinski definition) is 11. The van der Waals surface area contributed by atoms with Crippen LogP contribution in [0.1, 0.15) is 168 Å². The number of amides is 7. The quantitative estimate of drug-likeness (QED) is 0.0304. The molecule has 0 saturated carbocycles. The molecule has 0 aromatic carbocycles. The summed E-state index contributed by atoms with van der Waals surface area (Å²) in [5.74, 6) is -2.60. The number of nitrogens with one attached hydrogen (secondary N) is 10. The Balaban J connectivity index is -0.00000283. The molecule has 0 rings (SSSR count). The van der Waals surface area contributed by atoms with E-state index in [0.29, 0.717) is 78.1 Å². The van der Waals surface area contributed by atoms with E-state index in [1.54, 1.807) is 6.92 Å². The van der Waals surface area contributed by atoms with Crippen LogP contribution in [0.5, 0.6) is 0 Å². The van der Waals surface area contributed by atoms with Gasteiger partial charge in [0, 0.05) is 72.8 Å². The molecule has 0 aliphatic carbocycles. The second kappa shape index (κ2) is 46.1. The number of carbonyl (C=O) groups is 7. The highest BCUT2D eigenvalue weighted by atomic mass is 31.0. The Bertz CT molecular complexity index is 1630. The highest BCUT2D eigenvalue weighted by molar-refractivity contribution is 7.09. The van der Waals surface area contributed by atoms with E-state index >= 15 is 0 Å². The summed E-state index contributed by atoms with van der Waals surface area (Å²) < 4.78 is 17.2. The molecule has 0 fully saturated rings. The summed E-state index contributed by atoms with van der Waals surface area (Å²) >= 11 is 0. The molecule has 0 heterocycles. The molecule has 0 aliphatic heterocycles. The molecule has 12 N–H and O–H groups in total. The van der Waals surface area contributed by atoms with E-state index < -0.39 is 46.7 Å². The third-order valence-electron chi connectivity index (χ3n) is 11.7. The van der Waals surface area contributed by atoms with E-state index in [2.05, 4.69) is 103 Å². The van der Waals surface area contributed by atoms with Crippen molar-refractivity contribution in [2.24, 2.45) is 32.8 Å². The van der Waals surface area contributed by atoms with Crippen LogP contribution in [0.2, 0.25) is 0 Å². The summed E-state index contributed by atoms with van der Waals surface area (Å²) in [6.45, 7) is 33.3. The van der Waals surface area contributed by atoms with Gasteiger partial charge in [0.25, 0.3) is 0 Å². The minimum absolute atomic E-state index is 0.0288. The Labute approximate surface area is 476 Å². The molecule has 0 aromatic heterocycles. The fourth-order valence-corrected chi connectivity index (χ4v) is 8.25. The molecule has 0 radical (unpaired) electrons. The highest BCUT2D eigenvalue weighted by Gasteiger charge is 2.31. The lowest BCUT2D eigenvalue weighted by Gasteiger charge is -2.29. The Morgan fingerprint density at radius 3 is 1.26 bits per heavy atom. The molecule has 0 saturated heterocycles. The Hall–Kier alpha value is -3.56. The fourth-order valence-electron chi connectivity index (χ4n) is 7.80. The molecule has 0 aliphatic rings. The lowest BCUT2D eigenvalue weighted by atomic mass is 9.89. The van der Waals surface area contributed by atoms with Crippen LogP contribution in [0.15, 0.2) is 0 Å². The molecule has 0 spiro atoms. The second-order valence-corrected chi connectivity index (χ2v) is 23.9. The highest BCUT2D eigenvalue weighted by Crippen LogP contribution is 2.25. The van der Waals surface area contributed by atoms with Crippen molar-refractivity contribution in [2.45, 2.75) is 186 Å². The number of carbonyl (C=O) groups excluding carboxylic acids is 7. The van der Waals surface area contributed by atoms with Crippen molar-refractivity contribution in [2.75, 3.05) is 108 Å². The fraction of sp³-hybridized carbons (Fsp3) is 0.875. The van der Waals surface area contributed by atoms with Crippen molar-refractivity contribution in [1.82, 2.24) is 53.2 Å². The number of likely N-dealkylation sites (N-methyl/N-ethyl adjacent to an activating group) is 1. The number of hydrogen-bond acceptors (Lipinski definition) is 14. The van der Waals surface area contributed by atoms with Crippen LogP contribution in [0.25, 0.3) is 0 Å². The van der Waals surface area contributed by atoms with Crippen LogP contribution in [0.4, 0.5) is 0 Å². The van der Waals surface area contributed by atoms with E-state index in [-0.39, 0.29) is 78.6 Å². The van der Waals surface area contributed by atoms with Crippen molar-refractivity contribution < 1.29 is 47.6 Å². The van der Waals surface area contributed by atoms with Gasteiger partial charge >= 0.3 is 0 Å². The SMILES string of the molecule is CC.CCC(NC(=O)CC(C)(C)COP)C(=O)NC(CCCCNC(=O)C(CCCCNC(=O)CC(C)(C)COCC(C)(C)CNC)NC(=O)CC(C)(C)COCC(C)(C)CNC)C(=O)NCC(=O)NC.CCCNC.CN. The van der Waals surface area contributed by atoms with Crippen LogP contribution in [0.3, 0.4) is 0 Å². The molecular weight excluding hydrogens is 1020 g/mol. The molecule has 78 heavy (non-hydrogen) atoms. The lowest BCUT2D eigenvalue weighted by molar-refractivity contribution is -0.133. The van der Waals surface area contributed by atoms with E-state index in [0.717, 1.165) is 19.6 Å². The first-order valence-electron chi connectivity index (χ1n) is 28.4. The summed E-state index contributed by atoms with van der Waals surface area (Å²) in [7, 11) is 10.9. The van der Waals surface area contributed by atoms with Gasteiger partial charge in [-0.3, -0.25) is 33.6 Å². The van der Waals surface area contributed by atoms with Gasteiger partial charge in [-0.15, -0.1) is 0 Å². The van der Waals surface area contributed by atoms with E-state index in [1.807, 2.05) is 76.5 Å². The summed E-state index contributed by atoms with van der Waals surface area (Å²) in [6.07, 6.45) is 4.53. The topological polar surface area (TPSA) is 293 Å². The first kappa shape index (κ1) is 80.9. The Morgan fingerprint density at radius 2 is 0.859 bits per heavy atom. The minimum atomic E-state index is -1.03. The molecule has 21 nitrogen and oxygen atoms in total. The molecule has 7 amide bonds. The molecule has 0 bridgehead atoms. The number of ether oxygens (including phenoxy) is 2. The smallest absolute Gasteiger partial charge is 0.243 e. The predicted octanol–water partition coefficient (Wildman–Crippen LogP) is 4.08. The van der Waals surface area contributed by atoms with Gasteiger partial charge < -0.3 is 72.9 Å². The number of unbranched alkanes of at least 4 members (excludes halogenated alkanes) is 2. The standard InChI is InChI=1S/C49H96N9O10P.C4H11N.C2H6.CH5N/c1-15-35(56-39(60)26-47(6,7)34-68-69)44(65)58-37(43(64)55-27-41(62)52-14)21-17-19-23-54-42(63)36(57-40(61)25-46(4,5)31-67-33-49(10,11)29-51-13)20-16-18-22-53-38(59)24-45(2,3)30-66-32-48(8,9)28-50-12;1-3-4-5-2;2*1-2/h35-37,50-51H,15-34,69H2,1-14H3,(H,52,62)(H,53,59)(H,54,63)(H,55,64)(H,56,60)(H,57,61)(H,58,65);5H,3-4H2,1-2H3;1-2H3;2H2,1H3. The van der Waals surface area contributed by atoms with Gasteiger partial charge in [0.2, 0.25) is 41.4 Å². The van der Waals surface area contributed by atoms with Gasteiger partial charge in [-0.25, -0.2) is 0 Å². The molecular formula is C56H118N11O10P. The maximum absolute atomic E-state index is 13.7. The summed E-state index contributed by atoms with van der Waals surface area (Å²) in [4.78, 5) is 91.5. The van der Waals surface area contributed by atoms with E-state index in [9.17, 15) is 33.6 Å². The third kappa shape index (κ3) is 45.2. The van der Waals surface area contributed by atoms with Gasteiger partial charge in [0.05, 0.1) is 39.6 Å². The van der Waals surface area contributed by atoms with E-state index in [1.165, 1.54) is 20.5 Å². The van der Waals surface area contributed by atoms with Crippen molar-refractivity contribution in [3.05, 3.63) is 0 Å². The largest absolute Gasteiger partial charge is 0.380 e. The first-order valence-corrected chi connectivity index (χ1v) is 28.8. The average Bonchev–Trinajstić information content (AvgIpc) is 3.34. The molecule has 22 heteroatoms. The zero-order chi connectivity index (χ0) is 61.0. The molecule has 4 unspecified atom stereocenters.